The zero-order valence-corrected chi connectivity index (χ0v) is 17.4. The van der Waals surface area contributed by atoms with E-state index in [1.807, 2.05) is 18.2 Å². The number of nitrogens with zero attached hydrogens (tertiary/aromatic N) is 2. The Labute approximate surface area is 174 Å². The zero-order valence-electron chi connectivity index (χ0n) is 15.9. The number of rotatable bonds is 8. The summed E-state index contributed by atoms with van der Waals surface area (Å²) in [6.45, 7) is 1.80. The fourth-order valence-electron chi connectivity index (χ4n) is 3.33. The van der Waals surface area contributed by atoms with E-state index in [2.05, 4.69) is 14.7 Å². The number of halogens is 1. The molecule has 7 nitrogen and oxygen atoms in total. The smallest absolute Gasteiger partial charge is 0.232 e. The number of H-pyrrole nitrogens is 1. The summed E-state index contributed by atoms with van der Waals surface area (Å²) in [5.41, 5.74) is 2.69. The van der Waals surface area contributed by atoms with Gasteiger partial charge in [0.1, 0.15) is 11.5 Å². The number of pyridine rings is 1. The van der Waals surface area contributed by atoms with E-state index in [-0.39, 0.29) is 11.8 Å². The Hall–Kier alpha value is -2.58. The number of benzene rings is 1. The first-order chi connectivity index (χ1) is 13.9. The maximum absolute atomic E-state index is 12.0. The van der Waals surface area contributed by atoms with E-state index in [1.54, 1.807) is 30.2 Å². The molecule has 0 saturated heterocycles. The topological polar surface area (TPSA) is 95.2 Å². The van der Waals surface area contributed by atoms with Gasteiger partial charge in [0.15, 0.2) is 0 Å². The Morgan fingerprint density at radius 1 is 1.31 bits per heavy atom. The van der Waals surface area contributed by atoms with Crippen LogP contribution in [0, 0.1) is 0 Å². The maximum Gasteiger partial charge on any atom is 0.232 e. The van der Waals surface area contributed by atoms with Crippen LogP contribution in [0.5, 0.6) is 0 Å². The van der Waals surface area contributed by atoms with Crippen molar-refractivity contribution in [2.75, 3.05) is 15.4 Å². The first kappa shape index (κ1) is 19.7. The van der Waals surface area contributed by atoms with Crippen molar-refractivity contribution >= 4 is 50.6 Å². The Bertz CT molecular complexity index is 1170. The molecule has 2 N–H and O–H groups in total. The SMILES string of the molecule is CCCS(=O)(=O)Nc1ccc(-c2cc(N(C=O)C3CC3)nc3[nH]ccc23)cc1Cl. The van der Waals surface area contributed by atoms with Gasteiger partial charge in [-0.1, -0.05) is 24.6 Å². The van der Waals surface area contributed by atoms with Gasteiger partial charge in [-0.15, -0.1) is 0 Å². The first-order valence-electron chi connectivity index (χ1n) is 9.44. The molecule has 3 aromatic rings. The van der Waals surface area contributed by atoms with E-state index < -0.39 is 10.0 Å². The van der Waals surface area contributed by atoms with E-state index in [9.17, 15) is 13.2 Å². The molecule has 1 amide bonds. The van der Waals surface area contributed by atoms with Gasteiger partial charge in [0, 0.05) is 17.6 Å². The van der Waals surface area contributed by atoms with Crippen molar-refractivity contribution in [3.63, 3.8) is 0 Å². The predicted octanol–water partition coefficient (Wildman–Crippen LogP) is 4.16. The van der Waals surface area contributed by atoms with Crippen molar-refractivity contribution in [3.05, 3.63) is 41.6 Å². The van der Waals surface area contributed by atoms with Crippen LogP contribution in [0.1, 0.15) is 26.2 Å². The molecule has 0 unspecified atom stereocenters. The van der Waals surface area contributed by atoms with Gasteiger partial charge in [0.2, 0.25) is 16.4 Å². The quantitative estimate of drug-likeness (QED) is 0.522. The molecule has 0 atom stereocenters. The standard InChI is InChI=1S/C20H21ClN4O3S/c1-2-9-29(27,28)24-18-6-3-13(10-17(18)21)16-11-19(25(12-26)14-4-5-14)23-20-15(16)7-8-22-20/h3,6-8,10-12,14,24H,2,4-5,9H2,1H3,(H,22,23). The lowest BCUT2D eigenvalue weighted by molar-refractivity contribution is -0.107. The monoisotopic (exact) mass is 432 g/mol. The summed E-state index contributed by atoms with van der Waals surface area (Å²) in [7, 11) is -3.43. The van der Waals surface area contributed by atoms with Gasteiger partial charge in [-0.3, -0.25) is 14.4 Å². The van der Waals surface area contributed by atoms with Gasteiger partial charge in [0.05, 0.1) is 16.5 Å². The number of amides is 1. The molecule has 4 rings (SSSR count). The highest BCUT2D eigenvalue weighted by Gasteiger charge is 2.30. The third-order valence-corrected chi connectivity index (χ3v) is 6.64. The minimum absolute atomic E-state index is 0.0332. The van der Waals surface area contributed by atoms with Gasteiger partial charge in [0.25, 0.3) is 0 Å². The Morgan fingerprint density at radius 3 is 2.76 bits per heavy atom. The average molecular weight is 433 g/mol. The van der Waals surface area contributed by atoms with Crippen LogP contribution in [0.4, 0.5) is 11.5 Å². The number of aromatic amines is 1. The maximum atomic E-state index is 12.0. The third kappa shape index (κ3) is 4.09. The lowest BCUT2D eigenvalue weighted by atomic mass is 10.0. The molecule has 152 valence electrons. The highest BCUT2D eigenvalue weighted by molar-refractivity contribution is 7.92. The van der Waals surface area contributed by atoms with Crippen LogP contribution >= 0.6 is 11.6 Å². The molecule has 1 saturated carbocycles. The summed E-state index contributed by atoms with van der Waals surface area (Å²) < 4.78 is 26.6. The van der Waals surface area contributed by atoms with Crippen LogP contribution in [0.3, 0.4) is 0 Å². The Kier molecular flexibility index (Phi) is 5.23. The minimum Gasteiger partial charge on any atom is -0.346 e. The van der Waals surface area contributed by atoms with Crippen LogP contribution in [0.25, 0.3) is 22.2 Å². The number of aromatic nitrogens is 2. The molecule has 0 bridgehead atoms. The molecule has 2 aromatic heterocycles. The average Bonchev–Trinajstić information content (AvgIpc) is 3.39. The van der Waals surface area contributed by atoms with E-state index in [0.29, 0.717) is 28.6 Å². The van der Waals surface area contributed by atoms with Crippen molar-refractivity contribution < 1.29 is 13.2 Å². The predicted molar refractivity (Wildman–Crippen MR) is 116 cm³/mol. The van der Waals surface area contributed by atoms with E-state index in [4.69, 9.17) is 11.6 Å². The summed E-state index contributed by atoms with van der Waals surface area (Å²) in [5, 5.41) is 1.20. The number of carbonyl (C=O) groups excluding carboxylic acids is 1. The second-order valence-electron chi connectivity index (χ2n) is 7.13. The van der Waals surface area contributed by atoms with E-state index in [1.165, 1.54) is 0 Å². The molecule has 0 aliphatic heterocycles. The van der Waals surface area contributed by atoms with Gasteiger partial charge in [-0.05, 0) is 54.7 Å². The molecule has 0 spiro atoms. The normalized spacial score (nSPS) is 14.1. The van der Waals surface area contributed by atoms with Gasteiger partial charge < -0.3 is 4.98 Å². The first-order valence-corrected chi connectivity index (χ1v) is 11.5. The fraction of sp³-hybridized carbons (Fsp3) is 0.300. The molecular weight excluding hydrogens is 412 g/mol. The van der Waals surface area contributed by atoms with Crippen molar-refractivity contribution in [1.29, 1.82) is 0 Å². The van der Waals surface area contributed by atoms with E-state index >= 15 is 0 Å². The van der Waals surface area contributed by atoms with E-state index in [0.717, 1.165) is 35.8 Å². The summed E-state index contributed by atoms with van der Waals surface area (Å²) >= 11 is 6.38. The van der Waals surface area contributed by atoms with Crippen LogP contribution in [-0.2, 0) is 14.8 Å². The summed E-state index contributed by atoms with van der Waals surface area (Å²) in [6.07, 6.45) is 5.07. The van der Waals surface area contributed by atoms with Crippen molar-refractivity contribution in [1.82, 2.24) is 9.97 Å². The number of hydrogen-bond acceptors (Lipinski definition) is 4. The number of sulfonamides is 1. The summed E-state index contributed by atoms with van der Waals surface area (Å²) in [4.78, 5) is 20.9. The van der Waals surface area contributed by atoms with Gasteiger partial charge in [-0.2, -0.15) is 0 Å². The lowest BCUT2D eigenvalue weighted by Gasteiger charge is -2.17. The number of carbonyl (C=O) groups is 1. The van der Waals surface area contributed by atoms with Crippen molar-refractivity contribution in [3.8, 4) is 11.1 Å². The Balaban J connectivity index is 1.75. The highest BCUT2D eigenvalue weighted by Crippen LogP contribution is 2.37. The zero-order chi connectivity index (χ0) is 20.6. The number of fused-ring (bicyclic) bond motifs is 1. The number of hydrogen-bond donors (Lipinski definition) is 2. The van der Waals surface area contributed by atoms with Crippen LogP contribution in [-0.4, -0.2) is 36.6 Å². The van der Waals surface area contributed by atoms with Gasteiger partial charge in [-0.25, -0.2) is 13.4 Å². The van der Waals surface area contributed by atoms with Crippen LogP contribution in [0.2, 0.25) is 5.02 Å². The molecule has 1 fully saturated rings. The summed E-state index contributed by atoms with van der Waals surface area (Å²) in [5.74, 6) is 0.613. The van der Waals surface area contributed by atoms with Crippen molar-refractivity contribution in [2.24, 2.45) is 0 Å². The second-order valence-corrected chi connectivity index (χ2v) is 9.38. The lowest BCUT2D eigenvalue weighted by Crippen LogP contribution is -2.24. The molecule has 9 heteroatoms. The third-order valence-electron chi connectivity index (χ3n) is 4.85. The fourth-order valence-corrected chi connectivity index (χ4v) is 4.76. The number of anilines is 2. The number of nitrogens with one attached hydrogen (secondary N) is 2. The molecule has 1 aliphatic rings. The molecule has 29 heavy (non-hydrogen) atoms. The van der Waals surface area contributed by atoms with Crippen molar-refractivity contribution in [2.45, 2.75) is 32.2 Å². The van der Waals surface area contributed by atoms with Crippen LogP contribution in [0.15, 0.2) is 36.5 Å². The Morgan fingerprint density at radius 2 is 2.10 bits per heavy atom. The molecular formula is C20H21ClN4O3S. The highest BCUT2D eigenvalue weighted by atomic mass is 35.5. The molecule has 0 radical (unpaired) electrons. The molecule has 1 aliphatic carbocycles. The van der Waals surface area contributed by atoms with Gasteiger partial charge >= 0.3 is 0 Å². The van der Waals surface area contributed by atoms with Crippen LogP contribution < -0.4 is 9.62 Å². The second kappa shape index (κ2) is 7.68. The minimum atomic E-state index is -3.43. The molecule has 1 aromatic carbocycles. The summed E-state index contributed by atoms with van der Waals surface area (Å²) in [6, 6.07) is 9.16. The molecule has 2 heterocycles. The largest absolute Gasteiger partial charge is 0.346 e.